The maximum atomic E-state index is 13.1. The normalized spacial score (nSPS) is 10.8. The molecular weight excluding hydrogens is 204 g/mol. The molecule has 2 rings (SSSR count). The van der Waals surface area contributed by atoms with E-state index in [4.69, 9.17) is 15.8 Å². The Hall–Kier alpha value is -1.11. The fourth-order valence-corrected chi connectivity index (χ4v) is 2.36. The highest BCUT2D eigenvalue weighted by molar-refractivity contribution is 7.18. The molecule has 1 aromatic carbocycles. The molecule has 1 heterocycles. The molecule has 3 nitrogen and oxygen atoms in total. The second-order valence-corrected chi connectivity index (χ2v) is 3.78. The van der Waals surface area contributed by atoms with Crippen molar-refractivity contribution in [2.45, 2.75) is 0 Å². The number of nitrogen functional groups attached to an aromatic ring is 1. The maximum Gasteiger partial charge on any atom is 0.492 e. The van der Waals surface area contributed by atoms with Gasteiger partial charge in [-0.25, -0.2) is 4.39 Å². The second kappa shape index (κ2) is 3.23. The van der Waals surface area contributed by atoms with Crippen LogP contribution in [0.15, 0.2) is 17.5 Å². The average molecular weight is 211 g/mol. The molecular formula is C8H7BFNO2S. The molecule has 14 heavy (non-hydrogen) atoms. The van der Waals surface area contributed by atoms with Gasteiger partial charge in [-0.3, -0.25) is 0 Å². The fraction of sp³-hybridized carbons (Fsp3) is 0. The molecule has 0 fully saturated rings. The first-order valence-corrected chi connectivity index (χ1v) is 4.80. The Morgan fingerprint density at radius 3 is 2.71 bits per heavy atom. The molecule has 0 aliphatic heterocycles. The zero-order valence-corrected chi connectivity index (χ0v) is 7.88. The predicted octanol–water partition coefficient (Wildman–Crippen LogP) is 0.302. The molecule has 0 radical (unpaired) electrons. The summed E-state index contributed by atoms with van der Waals surface area (Å²) in [5.74, 6) is -0.369. The van der Waals surface area contributed by atoms with Crippen molar-refractivity contribution in [2.75, 3.05) is 5.73 Å². The number of fused-ring (bicyclic) bond motifs is 1. The van der Waals surface area contributed by atoms with Gasteiger partial charge >= 0.3 is 7.12 Å². The molecule has 0 amide bonds. The zero-order chi connectivity index (χ0) is 10.3. The number of benzene rings is 1. The van der Waals surface area contributed by atoms with Crippen molar-refractivity contribution < 1.29 is 14.4 Å². The van der Waals surface area contributed by atoms with E-state index in [1.807, 2.05) is 0 Å². The van der Waals surface area contributed by atoms with Crippen LogP contribution in [0.4, 0.5) is 10.1 Å². The van der Waals surface area contributed by atoms with Crippen LogP contribution in [0.3, 0.4) is 0 Å². The Bertz CT molecular complexity index is 485. The van der Waals surface area contributed by atoms with Crippen molar-refractivity contribution in [2.24, 2.45) is 0 Å². The van der Waals surface area contributed by atoms with E-state index in [9.17, 15) is 4.39 Å². The molecule has 0 bridgehead atoms. The third kappa shape index (κ3) is 1.28. The Labute approximate surface area is 83.7 Å². The molecule has 0 saturated carbocycles. The molecule has 2 aromatic rings. The van der Waals surface area contributed by atoms with E-state index >= 15 is 0 Å². The minimum atomic E-state index is -1.67. The van der Waals surface area contributed by atoms with E-state index in [0.29, 0.717) is 10.1 Å². The van der Waals surface area contributed by atoms with Crippen LogP contribution < -0.4 is 11.2 Å². The molecule has 6 heteroatoms. The molecule has 72 valence electrons. The smallest absolute Gasteiger partial charge is 0.423 e. The fourth-order valence-electron chi connectivity index (χ4n) is 1.37. The van der Waals surface area contributed by atoms with Gasteiger partial charge in [0.1, 0.15) is 5.82 Å². The van der Waals surface area contributed by atoms with Gasteiger partial charge in [0.15, 0.2) is 0 Å². The lowest BCUT2D eigenvalue weighted by Gasteiger charge is -2.05. The van der Waals surface area contributed by atoms with Crippen LogP contribution in [0.5, 0.6) is 0 Å². The van der Waals surface area contributed by atoms with E-state index in [-0.39, 0.29) is 17.0 Å². The maximum absolute atomic E-state index is 13.1. The Kier molecular flexibility index (Phi) is 2.18. The third-order valence-electron chi connectivity index (χ3n) is 2.03. The predicted molar refractivity (Wildman–Crippen MR) is 56.0 cm³/mol. The van der Waals surface area contributed by atoms with Gasteiger partial charge in [-0.15, -0.1) is 11.3 Å². The zero-order valence-electron chi connectivity index (χ0n) is 7.07. The van der Waals surface area contributed by atoms with Crippen molar-refractivity contribution in [3.63, 3.8) is 0 Å². The monoisotopic (exact) mass is 211 g/mol. The van der Waals surface area contributed by atoms with E-state index in [1.165, 1.54) is 17.5 Å². The average Bonchev–Trinajstić information content (AvgIpc) is 2.47. The first-order valence-electron chi connectivity index (χ1n) is 3.92. The van der Waals surface area contributed by atoms with Crippen LogP contribution in [-0.2, 0) is 0 Å². The van der Waals surface area contributed by atoms with Crippen molar-refractivity contribution in [1.82, 2.24) is 0 Å². The Balaban J connectivity index is 2.83. The first-order chi connectivity index (χ1) is 6.61. The van der Waals surface area contributed by atoms with Crippen molar-refractivity contribution in [3.8, 4) is 0 Å². The lowest BCUT2D eigenvalue weighted by molar-refractivity contribution is 0.426. The molecule has 1 aromatic heterocycles. The van der Waals surface area contributed by atoms with Crippen LogP contribution in [-0.4, -0.2) is 17.2 Å². The summed E-state index contributed by atoms with van der Waals surface area (Å²) >= 11 is 1.11. The highest BCUT2D eigenvalue weighted by atomic mass is 32.1. The van der Waals surface area contributed by atoms with Gasteiger partial charge in [-0.05, 0) is 12.1 Å². The van der Waals surface area contributed by atoms with E-state index in [2.05, 4.69) is 0 Å². The summed E-state index contributed by atoms with van der Waals surface area (Å²) in [6.07, 6.45) is 0. The van der Waals surface area contributed by atoms with Crippen LogP contribution >= 0.6 is 11.3 Å². The number of rotatable bonds is 1. The topological polar surface area (TPSA) is 66.5 Å². The number of nitrogens with two attached hydrogens (primary N) is 1. The minimum Gasteiger partial charge on any atom is -0.423 e. The van der Waals surface area contributed by atoms with Gasteiger partial charge in [0, 0.05) is 26.6 Å². The second-order valence-electron chi connectivity index (χ2n) is 2.90. The van der Waals surface area contributed by atoms with Crippen molar-refractivity contribution >= 4 is 39.7 Å². The number of anilines is 1. The summed E-state index contributed by atoms with van der Waals surface area (Å²) in [7, 11) is -1.67. The van der Waals surface area contributed by atoms with Crippen LogP contribution in [0.1, 0.15) is 0 Å². The molecule has 0 spiro atoms. The summed E-state index contributed by atoms with van der Waals surface area (Å²) in [5, 5.41) is 19.8. The van der Waals surface area contributed by atoms with Gasteiger partial charge < -0.3 is 15.8 Å². The molecule has 0 atom stereocenters. The number of hydrogen-bond acceptors (Lipinski definition) is 4. The highest BCUT2D eigenvalue weighted by Crippen LogP contribution is 2.25. The first kappa shape index (κ1) is 9.45. The number of hydrogen-bond donors (Lipinski definition) is 3. The van der Waals surface area contributed by atoms with Gasteiger partial charge in [0.2, 0.25) is 0 Å². The summed E-state index contributed by atoms with van der Waals surface area (Å²) in [6, 6.07) is 3.00. The van der Waals surface area contributed by atoms with Crippen LogP contribution in [0.25, 0.3) is 10.1 Å². The number of thiophene rings is 1. The van der Waals surface area contributed by atoms with Gasteiger partial charge in [0.25, 0.3) is 0 Å². The molecule has 0 aliphatic carbocycles. The summed E-state index contributed by atoms with van der Waals surface area (Å²) in [4.78, 5) is 0. The van der Waals surface area contributed by atoms with E-state index < -0.39 is 7.12 Å². The minimum absolute atomic E-state index is 0.177. The van der Waals surface area contributed by atoms with E-state index in [1.54, 1.807) is 0 Å². The molecule has 4 N–H and O–H groups in total. The molecule has 0 saturated heterocycles. The SMILES string of the molecule is Nc1ccc2c(F)csc2c1B(O)O. The van der Waals surface area contributed by atoms with E-state index in [0.717, 1.165) is 11.3 Å². The Morgan fingerprint density at radius 1 is 1.36 bits per heavy atom. The number of halogens is 1. The van der Waals surface area contributed by atoms with Crippen LogP contribution in [0, 0.1) is 5.82 Å². The van der Waals surface area contributed by atoms with Crippen molar-refractivity contribution in [1.29, 1.82) is 0 Å². The van der Waals surface area contributed by atoms with Gasteiger partial charge in [-0.1, -0.05) is 0 Å². The molecule has 0 aliphatic rings. The molecule has 0 unspecified atom stereocenters. The van der Waals surface area contributed by atoms with Gasteiger partial charge in [0.05, 0.1) is 0 Å². The van der Waals surface area contributed by atoms with Crippen molar-refractivity contribution in [3.05, 3.63) is 23.3 Å². The summed E-state index contributed by atoms with van der Waals surface area (Å²) in [5.41, 5.74) is 6.00. The summed E-state index contributed by atoms with van der Waals surface area (Å²) in [6.45, 7) is 0. The van der Waals surface area contributed by atoms with Crippen LogP contribution in [0.2, 0.25) is 0 Å². The lowest BCUT2D eigenvalue weighted by atomic mass is 9.78. The standard InChI is InChI=1S/C8H7BFNO2S/c10-5-3-14-8-4(5)1-2-6(11)7(8)9(12)13/h1-3,12-13H,11H2. The highest BCUT2D eigenvalue weighted by Gasteiger charge is 2.20. The lowest BCUT2D eigenvalue weighted by Crippen LogP contribution is -2.32. The van der Waals surface area contributed by atoms with Gasteiger partial charge in [-0.2, -0.15) is 0 Å². The Morgan fingerprint density at radius 2 is 2.07 bits per heavy atom. The largest absolute Gasteiger partial charge is 0.492 e. The third-order valence-corrected chi connectivity index (χ3v) is 3.03. The summed E-state index contributed by atoms with van der Waals surface area (Å²) < 4.78 is 13.6. The quantitative estimate of drug-likeness (QED) is 0.469.